The minimum absolute atomic E-state index is 0.0168. The van der Waals surface area contributed by atoms with Crippen LogP contribution in [0.5, 0.6) is 11.5 Å². The maximum atomic E-state index is 13.0. The number of nitrogens with one attached hydrogen (secondary N) is 2. The van der Waals surface area contributed by atoms with Gasteiger partial charge in [-0.2, -0.15) is 0 Å². The zero-order valence-electron chi connectivity index (χ0n) is 20.8. The molecule has 0 radical (unpaired) electrons. The van der Waals surface area contributed by atoms with Crippen molar-refractivity contribution in [3.8, 4) is 11.5 Å². The zero-order chi connectivity index (χ0) is 26.8. The molecule has 0 saturated carbocycles. The van der Waals surface area contributed by atoms with Crippen molar-refractivity contribution in [2.45, 2.75) is 20.3 Å². The summed E-state index contributed by atoms with van der Waals surface area (Å²) < 4.78 is 15.9. The Balaban J connectivity index is 1.73. The average Bonchev–Trinajstić information content (AvgIpc) is 2.92. The Morgan fingerprint density at radius 2 is 1.38 bits per heavy atom. The van der Waals surface area contributed by atoms with Crippen LogP contribution in [0.2, 0.25) is 0 Å². The van der Waals surface area contributed by atoms with Gasteiger partial charge in [-0.3, -0.25) is 14.4 Å². The molecular weight excluding hydrogens is 476 g/mol. The van der Waals surface area contributed by atoms with Gasteiger partial charge in [-0.15, -0.1) is 0 Å². The Kier molecular flexibility index (Phi) is 9.37. The van der Waals surface area contributed by atoms with Gasteiger partial charge in [-0.1, -0.05) is 24.6 Å². The van der Waals surface area contributed by atoms with E-state index >= 15 is 0 Å². The summed E-state index contributed by atoms with van der Waals surface area (Å²) in [6.45, 7) is 3.32. The van der Waals surface area contributed by atoms with Gasteiger partial charge in [0.15, 0.2) is 0 Å². The lowest BCUT2D eigenvalue weighted by Gasteiger charge is -2.13. The number of esters is 2. The van der Waals surface area contributed by atoms with Gasteiger partial charge in [0.1, 0.15) is 24.7 Å². The van der Waals surface area contributed by atoms with Crippen molar-refractivity contribution >= 4 is 29.4 Å². The monoisotopic (exact) mass is 504 g/mol. The third-order valence-corrected chi connectivity index (χ3v) is 5.21. The zero-order valence-corrected chi connectivity index (χ0v) is 20.8. The molecule has 0 aromatic heterocycles. The Morgan fingerprint density at radius 1 is 0.757 bits per heavy atom. The van der Waals surface area contributed by atoms with E-state index in [2.05, 4.69) is 10.6 Å². The summed E-state index contributed by atoms with van der Waals surface area (Å²) in [7, 11) is 1.45. The first-order chi connectivity index (χ1) is 17.8. The molecule has 0 saturated heterocycles. The maximum Gasteiger partial charge on any atom is 0.339 e. The quantitative estimate of drug-likeness (QED) is 0.308. The molecule has 192 valence electrons. The predicted molar refractivity (Wildman–Crippen MR) is 137 cm³/mol. The highest BCUT2D eigenvalue weighted by atomic mass is 16.6. The van der Waals surface area contributed by atoms with E-state index in [1.54, 1.807) is 31.2 Å². The van der Waals surface area contributed by atoms with Gasteiger partial charge in [0, 0.05) is 24.7 Å². The van der Waals surface area contributed by atoms with Gasteiger partial charge in [0.25, 0.3) is 11.8 Å². The lowest BCUT2D eigenvalue weighted by molar-refractivity contribution is -0.144. The summed E-state index contributed by atoms with van der Waals surface area (Å²) in [4.78, 5) is 49.1. The third-order valence-electron chi connectivity index (χ3n) is 5.21. The van der Waals surface area contributed by atoms with Crippen LogP contribution in [0.4, 0.5) is 5.69 Å². The number of carbonyl (C=O) groups is 4. The Bertz CT molecular complexity index is 1270. The van der Waals surface area contributed by atoms with Crippen molar-refractivity contribution in [3.05, 3.63) is 89.0 Å². The molecule has 9 nitrogen and oxygen atoms in total. The Morgan fingerprint density at radius 3 is 2.00 bits per heavy atom. The number of aryl methyl sites for hydroxylation is 1. The number of anilines is 1. The maximum absolute atomic E-state index is 13.0. The summed E-state index contributed by atoms with van der Waals surface area (Å²) in [6.07, 6.45) is 0.200. The van der Waals surface area contributed by atoms with Gasteiger partial charge in [-0.05, 0) is 61.5 Å². The minimum atomic E-state index is -0.828. The van der Waals surface area contributed by atoms with Crippen molar-refractivity contribution in [1.82, 2.24) is 5.32 Å². The normalized spacial score (nSPS) is 10.2. The van der Waals surface area contributed by atoms with E-state index in [9.17, 15) is 19.2 Å². The molecule has 0 heterocycles. The number of rotatable bonds is 10. The van der Waals surface area contributed by atoms with E-state index in [1.807, 2.05) is 31.2 Å². The third kappa shape index (κ3) is 7.66. The largest absolute Gasteiger partial charge is 0.462 e. The van der Waals surface area contributed by atoms with Crippen LogP contribution in [-0.4, -0.2) is 44.0 Å². The van der Waals surface area contributed by atoms with Gasteiger partial charge >= 0.3 is 11.9 Å². The molecule has 0 fully saturated rings. The molecule has 2 N–H and O–H groups in total. The standard InChI is InChI=1S/C28H28N2O7/c1-4-25(31)35-15-16-36-28(34)24-17-19(26(32)29-3)7-14-23(24)27(33)30-20-8-12-22(13-9-20)37-21-10-5-18(2)6-11-21/h5-14,17H,4,15-16H2,1-3H3,(H,29,32)(H,30,33). The highest BCUT2D eigenvalue weighted by Crippen LogP contribution is 2.24. The molecule has 3 aromatic rings. The number of benzene rings is 3. The van der Waals surface area contributed by atoms with Crippen LogP contribution in [0, 0.1) is 6.92 Å². The molecule has 3 aromatic carbocycles. The molecule has 37 heavy (non-hydrogen) atoms. The number of hydrogen-bond donors (Lipinski definition) is 2. The summed E-state index contributed by atoms with van der Waals surface area (Å²) in [5.74, 6) is -0.976. The smallest absolute Gasteiger partial charge is 0.339 e. The highest BCUT2D eigenvalue weighted by molar-refractivity contribution is 6.12. The van der Waals surface area contributed by atoms with Crippen LogP contribution in [0.3, 0.4) is 0 Å². The van der Waals surface area contributed by atoms with Crippen LogP contribution < -0.4 is 15.4 Å². The van der Waals surface area contributed by atoms with E-state index in [4.69, 9.17) is 14.2 Å². The lowest BCUT2D eigenvalue weighted by atomic mass is 10.0. The van der Waals surface area contributed by atoms with Crippen molar-refractivity contribution in [2.75, 3.05) is 25.6 Å². The lowest BCUT2D eigenvalue weighted by Crippen LogP contribution is -2.22. The summed E-state index contributed by atoms with van der Waals surface area (Å²) >= 11 is 0. The second-order valence-electron chi connectivity index (χ2n) is 7.94. The second kappa shape index (κ2) is 12.9. The number of hydrogen-bond acceptors (Lipinski definition) is 7. The molecule has 0 aliphatic heterocycles. The van der Waals surface area contributed by atoms with Gasteiger partial charge in [0.05, 0.1) is 11.1 Å². The van der Waals surface area contributed by atoms with Crippen LogP contribution in [0.25, 0.3) is 0 Å². The van der Waals surface area contributed by atoms with E-state index in [1.165, 1.54) is 25.2 Å². The Hall–Kier alpha value is -4.66. The fourth-order valence-corrected chi connectivity index (χ4v) is 3.21. The molecule has 9 heteroatoms. The summed E-state index contributed by atoms with van der Waals surface area (Å²) in [6, 6.07) is 18.5. The number of ether oxygens (including phenoxy) is 3. The molecule has 0 unspecified atom stereocenters. The second-order valence-corrected chi connectivity index (χ2v) is 7.94. The van der Waals surface area contributed by atoms with Gasteiger partial charge < -0.3 is 24.8 Å². The van der Waals surface area contributed by atoms with Crippen LogP contribution in [0.15, 0.2) is 66.7 Å². The fourth-order valence-electron chi connectivity index (χ4n) is 3.21. The first-order valence-electron chi connectivity index (χ1n) is 11.7. The van der Waals surface area contributed by atoms with E-state index in [0.29, 0.717) is 17.2 Å². The van der Waals surface area contributed by atoms with Crippen LogP contribution in [-0.2, 0) is 14.3 Å². The molecule has 0 aliphatic carbocycles. The predicted octanol–water partition coefficient (Wildman–Crippen LogP) is 4.51. The number of amides is 2. The molecule has 3 rings (SSSR count). The molecule has 0 aliphatic rings. The number of carbonyl (C=O) groups excluding carboxylic acids is 4. The first kappa shape index (κ1) is 26.9. The molecule has 0 spiro atoms. The fraction of sp³-hybridized carbons (Fsp3) is 0.214. The molecule has 0 bridgehead atoms. The Labute approximate surface area is 214 Å². The van der Waals surface area contributed by atoms with E-state index in [-0.39, 0.29) is 36.3 Å². The highest BCUT2D eigenvalue weighted by Gasteiger charge is 2.21. The minimum Gasteiger partial charge on any atom is -0.462 e. The first-order valence-corrected chi connectivity index (χ1v) is 11.7. The van der Waals surface area contributed by atoms with Crippen molar-refractivity contribution in [3.63, 3.8) is 0 Å². The van der Waals surface area contributed by atoms with E-state index < -0.39 is 23.8 Å². The van der Waals surface area contributed by atoms with Crippen molar-refractivity contribution < 1.29 is 33.4 Å². The van der Waals surface area contributed by atoms with Crippen molar-refractivity contribution in [2.24, 2.45) is 0 Å². The van der Waals surface area contributed by atoms with Crippen LogP contribution >= 0.6 is 0 Å². The molecular formula is C28H28N2O7. The average molecular weight is 505 g/mol. The SMILES string of the molecule is CCC(=O)OCCOC(=O)c1cc(C(=O)NC)ccc1C(=O)Nc1ccc(Oc2ccc(C)cc2)cc1. The van der Waals surface area contributed by atoms with Crippen molar-refractivity contribution in [1.29, 1.82) is 0 Å². The van der Waals surface area contributed by atoms with Crippen LogP contribution in [0.1, 0.15) is 50.0 Å². The summed E-state index contributed by atoms with van der Waals surface area (Å²) in [5.41, 5.74) is 1.70. The van der Waals surface area contributed by atoms with Gasteiger partial charge in [-0.25, -0.2) is 4.79 Å². The van der Waals surface area contributed by atoms with Gasteiger partial charge in [0.2, 0.25) is 0 Å². The molecule has 2 amide bonds. The summed E-state index contributed by atoms with van der Waals surface area (Å²) in [5, 5.41) is 5.20. The topological polar surface area (TPSA) is 120 Å². The molecule has 0 atom stereocenters. The van der Waals surface area contributed by atoms with E-state index in [0.717, 1.165) is 5.56 Å².